The van der Waals surface area contributed by atoms with Crippen LogP contribution in [-0.2, 0) is 4.79 Å². The number of fused-ring (bicyclic) bond motifs is 2. The Balaban J connectivity index is 1.75. The summed E-state index contributed by atoms with van der Waals surface area (Å²) in [5.74, 6) is 0.123. The molecule has 1 saturated heterocycles. The first-order valence-electron chi connectivity index (χ1n) is 9.27. The molecule has 1 aromatic carbocycles. The van der Waals surface area contributed by atoms with Gasteiger partial charge in [-0.05, 0) is 24.1 Å². The van der Waals surface area contributed by atoms with E-state index in [9.17, 15) is 4.79 Å². The van der Waals surface area contributed by atoms with E-state index < -0.39 is 0 Å². The molecule has 0 spiro atoms. The molecule has 2 heterocycles. The van der Waals surface area contributed by atoms with Crippen molar-refractivity contribution in [3.05, 3.63) is 53.7 Å². The topological polar surface area (TPSA) is 24.8 Å². The number of nitrogens with one attached hydrogen (secondary N) is 1. The molecule has 1 aromatic rings. The maximum atomic E-state index is 12.8. The zero-order valence-electron chi connectivity index (χ0n) is 14.9. The highest BCUT2D eigenvalue weighted by atomic mass is 16.2. The summed E-state index contributed by atoms with van der Waals surface area (Å²) >= 11 is 0. The average molecular weight is 325 g/mol. The summed E-state index contributed by atoms with van der Waals surface area (Å²) in [6.07, 6.45) is 11.8. The van der Waals surface area contributed by atoms with Crippen LogP contribution in [0.2, 0.25) is 0 Å². The third-order valence-corrected chi connectivity index (χ3v) is 5.47. The van der Waals surface area contributed by atoms with Gasteiger partial charge >= 0.3 is 0 Å². The molecule has 3 heteroatoms. The number of unbranched alkanes of at least 4 members (excludes halogenated alkanes) is 1. The van der Waals surface area contributed by atoms with Crippen molar-refractivity contribution in [1.29, 1.82) is 0 Å². The second kappa shape index (κ2) is 7.80. The van der Waals surface area contributed by atoms with Crippen molar-refractivity contribution in [2.75, 3.05) is 13.6 Å². The van der Waals surface area contributed by atoms with Crippen molar-refractivity contribution in [3.8, 4) is 0 Å². The van der Waals surface area contributed by atoms with Gasteiger partial charge in [-0.25, -0.2) is 0 Å². The van der Waals surface area contributed by atoms with Gasteiger partial charge in [0.2, 0.25) is 0 Å². The summed E-state index contributed by atoms with van der Waals surface area (Å²) in [5, 5.41) is 0. The number of nitrogens with zero attached hydrogens (tertiary/aromatic N) is 1. The number of carbonyl (C=O) groups excluding carboxylic acids is 1. The van der Waals surface area contributed by atoms with E-state index in [2.05, 4.69) is 20.0 Å². The normalized spacial score (nSPS) is 25.8. The molecule has 3 nitrogen and oxygen atoms in total. The van der Waals surface area contributed by atoms with Crippen molar-refractivity contribution in [3.63, 3.8) is 0 Å². The molecule has 0 aromatic heterocycles. The molecule has 1 fully saturated rings. The fourth-order valence-corrected chi connectivity index (χ4v) is 3.90. The van der Waals surface area contributed by atoms with Crippen LogP contribution in [0.25, 0.3) is 6.08 Å². The number of hydrogen-bond acceptors (Lipinski definition) is 1. The van der Waals surface area contributed by atoms with Crippen LogP contribution in [0, 0.1) is 0 Å². The van der Waals surface area contributed by atoms with E-state index >= 15 is 0 Å². The molecule has 1 N–H and O–H groups in total. The summed E-state index contributed by atoms with van der Waals surface area (Å²) in [6.45, 7) is 3.01. The molecule has 0 aliphatic carbocycles. The van der Waals surface area contributed by atoms with Gasteiger partial charge in [0.15, 0.2) is 0 Å². The van der Waals surface area contributed by atoms with Crippen LogP contribution in [0.4, 0.5) is 0 Å². The van der Waals surface area contributed by atoms with Crippen LogP contribution in [0.1, 0.15) is 44.6 Å². The first-order valence-corrected chi connectivity index (χ1v) is 9.27. The maximum Gasteiger partial charge on any atom is 0.250 e. The fraction of sp³-hybridized carbons (Fsp3) is 0.476. The Kier molecular flexibility index (Phi) is 5.52. The van der Waals surface area contributed by atoms with Crippen molar-refractivity contribution >= 4 is 12.0 Å². The van der Waals surface area contributed by atoms with E-state index in [0.29, 0.717) is 12.1 Å². The maximum absolute atomic E-state index is 12.8. The van der Waals surface area contributed by atoms with Crippen molar-refractivity contribution in [1.82, 2.24) is 4.90 Å². The Labute approximate surface area is 145 Å². The Morgan fingerprint density at radius 2 is 2.08 bits per heavy atom. The van der Waals surface area contributed by atoms with E-state index in [4.69, 9.17) is 0 Å². The molecule has 3 rings (SSSR count). The number of quaternary nitrogens is 1. The van der Waals surface area contributed by atoms with Gasteiger partial charge in [0.05, 0.1) is 13.1 Å². The number of likely N-dealkylation sites (N-methyl/N-ethyl adjacent to an activating group) is 1. The Bertz CT molecular complexity index is 620. The summed E-state index contributed by atoms with van der Waals surface area (Å²) in [5.41, 5.74) is 2.33. The highest BCUT2D eigenvalue weighted by Crippen LogP contribution is 2.25. The van der Waals surface area contributed by atoms with Crippen LogP contribution in [0.3, 0.4) is 0 Å². The number of benzene rings is 1. The molecule has 1 amide bonds. The Morgan fingerprint density at radius 3 is 2.79 bits per heavy atom. The standard InChI is InChI=1S/C21H28N2O/c1-3-4-14-23(20-15-18-11-12-19(16-20)22(18)2)21(24)13-10-17-8-6-5-7-9-17/h5-10,13,15,18-19H,3-4,11-12,14,16H2,1-2H3/p+1/b13-10+/t18-,19+/m1/s1. The van der Waals surface area contributed by atoms with Crippen LogP contribution in [0.15, 0.2) is 48.2 Å². The Hall–Kier alpha value is -1.87. The SMILES string of the molecule is CCCCN(C(=O)/C=C/c1ccccc1)C1=C[C@H]2CC[C@@H](C1)[NH+]2C. The van der Waals surface area contributed by atoms with Crippen LogP contribution in [-0.4, -0.2) is 36.5 Å². The molecule has 2 aliphatic rings. The lowest BCUT2D eigenvalue weighted by Gasteiger charge is -2.32. The number of amides is 1. The minimum absolute atomic E-state index is 0.123. The second-order valence-corrected chi connectivity index (χ2v) is 7.07. The van der Waals surface area contributed by atoms with Crippen LogP contribution in [0.5, 0.6) is 0 Å². The van der Waals surface area contributed by atoms with E-state index in [1.807, 2.05) is 41.3 Å². The van der Waals surface area contributed by atoms with Gasteiger partial charge in [0.25, 0.3) is 5.91 Å². The zero-order chi connectivity index (χ0) is 16.9. The van der Waals surface area contributed by atoms with Gasteiger partial charge in [0, 0.05) is 37.6 Å². The van der Waals surface area contributed by atoms with Gasteiger partial charge in [-0.1, -0.05) is 43.7 Å². The third-order valence-electron chi connectivity index (χ3n) is 5.47. The Morgan fingerprint density at radius 1 is 1.29 bits per heavy atom. The number of hydrogen-bond donors (Lipinski definition) is 1. The highest BCUT2D eigenvalue weighted by Gasteiger charge is 2.39. The molecule has 0 saturated carbocycles. The van der Waals surface area contributed by atoms with Crippen LogP contribution < -0.4 is 4.90 Å². The van der Waals surface area contributed by atoms with E-state index in [1.165, 1.54) is 18.5 Å². The predicted molar refractivity (Wildman–Crippen MR) is 98.5 cm³/mol. The number of rotatable bonds is 6. The van der Waals surface area contributed by atoms with E-state index in [0.717, 1.165) is 31.4 Å². The van der Waals surface area contributed by atoms with Gasteiger partial charge in [-0.2, -0.15) is 0 Å². The molecule has 24 heavy (non-hydrogen) atoms. The minimum Gasteiger partial charge on any atom is -0.329 e. The van der Waals surface area contributed by atoms with Gasteiger partial charge in [0.1, 0.15) is 6.04 Å². The molecule has 0 radical (unpaired) electrons. The lowest BCUT2D eigenvalue weighted by molar-refractivity contribution is -0.912. The monoisotopic (exact) mass is 325 g/mol. The van der Waals surface area contributed by atoms with Gasteiger partial charge in [-0.3, -0.25) is 4.79 Å². The summed E-state index contributed by atoms with van der Waals surface area (Å²) < 4.78 is 0. The van der Waals surface area contributed by atoms with Gasteiger partial charge < -0.3 is 9.80 Å². The summed E-state index contributed by atoms with van der Waals surface area (Å²) in [4.78, 5) is 16.5. The fourth-order valence-electron chi connectivity index (χ4n) is 3.90. The number of carbonyl (C=O) groups is 1. The largest absolute Gasteiger partial charge is 0.329 e. The first-order chi connectivity index (χ1) is 11.7. The highest BCUT2D eigenvalue weighted by molar-refractivity contribution is 5.93. The first kappa shape index (κ1) is 17.0. The molecule has 3 atom stereocenters. The zero-order valence-corrected chi connectivity index (χ0v) is 14.9. The lowest BCUT2D eigenvalue weighted by atomic mass is 10.1. The predicted octanol–water partition coefficient (Wildman–Crippen LogP) is 2.66. The molecule has 128 valence electrons. The average Bonchev–Trinajstić information content (AvgIpc) is 2.82. The van der Waals surface area contributed by atoms with E-state index in [-0.39, 0.29) is 5.91 Å². The minimum atomic E-state index is 0.123. The second-order valence-electron chi connectivity index (χ2n) is 7.07. The van der Waals surface area contributed by atoms with Crippen molar-refractivity contribution in [2.24, 2.45) is 0 Å². The summed E-state index contributed by atoms with van der Waals surface area (Å²) in [7, 11) is 2.29. The quantitative estimate of drug-likeness (QED) is 0.799. The molecular weight excluding hydrogens is 296 g/mol. The third kappa shape index (κ3) is 3.78. The van der Waals surface area contributed by atoms with E-state index in [1.54, 1.807) is 11.0 Å². The smallest absolute Gasteiger partial charge is 0.250 e. The van der Waals surface area contributed by atoms with Crippen molar-refractivity contribution in [2.45, 2.75) is 51.1 Å². The molecule has 2 bridgehead atoms. The molecule has 2 aliphatic heterocycles. The van der Waals surface area contributed by atoms with Crippen molar-refractivity contribution < 1.29 is 9.69 Å². The van der Waals surface area contributed by atoms with Crippen LogP contribution >= 0.6 is 0 Å². The lowest BCUT2D eigenvalue weighted by Crippen LogP contribution is -3.14. The summed E-state index contributed by atoms with van der Waals surface area (Å²) in [6, 6.07) is 11.3. The molecular formula is C21H29N2O+. The van der Waals surface area contributed by atoms with Gasteiger partial charge in [-0.15, -0.1) is 0 Å². The molecule has 1 unspecified atom stereocenters.